The summed E-state index contributed by atoms with van der Waals surface area (Å²) in [7, 11) is 0. The standard InChI is InChI=1S/C6H10BrF/c7-4-6(8)3-5-1-2-5/h5-6H,1-4H2. The van der Waals surface area contributed by atoms with Crippen LogP contribution in [0.5, 0.6) is 0 Å². The van der Waals surface area contributed by atoms with Crippen molar-refractivity contribution in [3.05, 3.63) is 0 Å². The van der Waals surface area contributed by atoms with Crippen LogP contribution in [-0.2, 0) is 0 Å². The molecule has 0 aromatic rings. The molecular weight excluding hydrogens is 171 g/mol. The highest BCUT2D eigenvalue weighted by Crippen LogP contribution is 2.34. The van der Waals surface area contributed by atoms with Gasteiger partial charge in [-0.2, -0.15) is 0 Å². The molecule has 48 valence electrons. The lowest BCUT2D eigenvalue weighted by Gasteiger charge is -1.98. The van der Waals surface area contributed by atoms with Crippen LogP contribution in [0.3, 0.4) is 0 Å². The van der Waals surface area contributed by atoms with Crippen molar-refractivity contribution in [2.75, 3.05) is 5.33 Å². The number of hydrogen-bond acceptors (Lipinski definition) is 0. The third-order valence-electron chi connectivity index (χ3n) is 1.45. The maximum Gasteiger partial charge on any atom is 0.110 e. The molecular formula is C6H10BrF. The molecule has 0 heterocycles. The molecule has 0 amide bonds. The van der Waals surface area contributed by atoms with Gasteiger partial charge < -0.3 is 0 Å². The first-order valence-corrected chi connectivity index (χ1v) is 4.15. The van der Waals surface area contributed by atoms with Crippen molar-refractivity contribution in [2.24, 2.45) is 5.92 Å². The molecule has 1 fully saturated rings. The molecule has 0 aromatic carbocycles. The molecule has 0 spiro atoms. The average Bonchev–Trinajstić information content (AvgIpc) is 2.50. The molecule has 0 bridgehead atoms. The maximum atomic E-state index is 12.4. The number of alkyl halides is 2. The van der Waals surface area contributed by atoms with Gasteiger partial charge in [-0.05, 0) is 12.3 Å². The van der Waals surface area contributed by atoms with E-state index in [4.69, 9.17) is 0 Å². The third-order valence-corrected chi connectivity index (χ3v) is 2.16. The summed E-state index contributed by atoms with van der Waals surface area (Å²) in [4.78, 5) is 0. The number of halogens is 2. The van der Waals surface area contributed by atoms with Gasteiger partial charge in [0.25, 0.3) is 0 Å². The zero-order chi connectivity index (χ0) is 5.98. The Balaban J connectivity index is 1.98. The highest BCUT2D eigenvalue weighted by atomic mass is 79.9. The Kier molecular flexibility index (Phi) is 2.29. The van der Waals surface area contributed by atoms with Crippen LogP contribution >= 0.6 is 15.9 Å². The highest BCUT2D eigenvalue weighted by molar-refractivity contribution is 9.09. The lowest BCUT2D eigenvalue weighted by molar-refractivity contribution is 0.335. The van der Waals surface area contributed by atoms with Crippen molar-refractivity contribution in [1.29, 1.82) is 0 Å². The van der Waals surface area contributed by atoms with E-state index in [0.717, 1.165) is 12.3 Å². The van der Waals surface area contributed by atoms with Crippen molar-refractivity contribution in [3.8, 4) is 0 Å². The van der Waals surface area contributed by atoms with Gasteiger partial charge in [0.15, 0.2) is 0 Å². The third kappa shape index (κ3) is 2.12. The maximum absolute atomic E-state index is 12.4. The van der Waals surface area contributed by atoms with Crippen LogP contribution in [0.15, 0.2) is 0 Å². The second-order valence-corrected chi connectivity index (χ2v) is 3.08. The fourth-order valence-electron chi connectivity index (χ4n) is 0.778. The monoisotopic (exact) mass is 180 g/mol. The molecule has 2 heteroatoms. The van der Waals surface area contributed by atoms with Gasteiger partial charge in [-0.15, -0.1) is 0 Å². The minimum absolute atomic E-state index is 0.517. The van der Waals surface area contributed by atoms with Crippen LogP contribution in [-0.4, -0.2) is 11.5 Å². The van der Waals surface area contributed by atoms with Gasteiger partial charge in [-0.3, -0.25) is 0 Å². The van der Waals surface area contributed by atoms with E-state index < -0.39 is 6.17 Å². The van der Waals surface area contributed by atoms with Crippen molar-refractivity contribution < 1.29 is 4.39 Å². The lowest BCUT2D eigenvalue weighted by Crippen LogP contribution is -2.01. The molecule has 1 aliphatic rings. The Bertz CT molecular complexity index is 70.9. The summed E-state index contributed by atoms with van der Waals surface area (Å²) in [6, 6.07) is 0. The van der Waals surface area contributed by atoms with E-state index in [1.807, 2.05) is 0 Å². The molecule has 0 saturated heterocycles. The molecule has 1 aliphatic carbocycles. The molecule has 0 aromatic heterocycles. The quantitative estimate of drug-likeness (QED) is 0.587. The van der Waals surface area contributed by atoms with Gasteiger partial charge in [0.05, 0.1) is 0 Å². The molecule has 1 rings (SSSR count). The first-order chi connectivity index (χ1) is 3.83. The van der Waals surface area contributed by atoms with Crippen LogP contribution in [0.25, 0.3) is 0 Å². The predicted octanol–water partition coefficient (Wildman–Crippen LogP) is 2.52. The molecule has 0 radical (unpaired) electrons. The van der Waals surface area contributed by atoms with Gasteiger partial charge in [-0.25, -0.2) is 4.39 Å². The summed E-state index contributed by atoms with van der Waals surface area (Å²) in [6.45, 7) is 0. The van der Waals surface area contributed by atoms with E-state index in [1.54, 1.807) is 0 Å². The molecule has 0 aliphatic heterocycles. The summed E-state index contributed by atoms with van der Waals surface area (Å²) in [5, 5.41) is 0.517. The van der Waals surface area contributed by atoms with Crippen molar-refractivity contribution in [1.82, 2.24) is 0 Å². The van der Waals surface area contributed by atoms with E-state index in [9.17, 15) is 4.39 Å². The highest BCUT2D eigenvalue weighted by Gasteiger charge is 2.24. The lowest BCUT2D eigenvalue weighted by atomic mass is 10.2. The van der Waals surface area contributed by atoms with Gasteiger partial charge >= 0.3 is 0 Å². The first-order valence-electron chi connectivity index (χ1n) is 3.03. The van der Waals surface area contributed by atoms with Gasteiger partial charge in [0.2, 0.25) is 0 Å². The van der Waals surface area contributed by atoms with Crippen molar-refractivity contribution >= 4 is 15.9 Å². The summed E-state index contributed by atoms with van der Waals surface area (Å²) < 4.78 is 12.4. The summed E-state index contributed by atoms with van der Waals surface area (Å²) in [6.07, 6.45) is 2.70. The molecule has 1 atom stereocenters. The Morgan fingerprint density at radius 2 is 2.25 bits per heavy atom. The minimum Gasteiger partial charge on any atom is -0.247 e. The Morgan fingerprint density at radius 3 is 2.62 bits per heavy atom. The van der Waals surface area contributed by atoms with E-state index in [-0.39, 0.29) is 0 Å². The zero-order valence-corrected chi connectivity index (χ0v) is 6.33. The van der Waals surface area contributed by atoms with Crippen molar-refractivity contribution in [3.63, 3.8) is 0 Å². The normalized spacial score (nSPS) is 23.2. The average molecular weight is 181 g/mol. The van der Waals surface area contributed by atoms with Crippen LogP contribution in [0, 0.1) is 5.92 Å². The smallest absolute Gasteiger partial charge is 0.110 e. The summed E-state index contributed by atoms with van der Waals surface area (Å²) in [5.41, 5.74) is 0. The van der Waals surface area contributed by atoms with Crippen molar-refractivity contribution in [2.45, 2.75) is 25.4 Å². The van der Waals surface area contributed by atoms with Gasteiger partial charge in [0, 0.05) is 5.33 Å². The Labute approximate surface area is 57.6 Å². The van der Waals surface area contributed by atoms with E-state index in [1.165, 1.54) is 12.8 Å². The van der Waals surface area contributed by atoms with E-state index >= 15 is 0 Å². The topological polar surface area (TPSA) is 0 Å². The van der Waals surface area contributed by atoms with Gasteiger partial charge in [-0.1, -0.05) is 28.8 Å². The second kappa shape index (κ2) is 2.81. The number of rotatable bonds is 3. The Hall–Kier alpha value is 0.410. The first kappa shape index (κ1) is 6.53. The zero-order valence-electron chi connectivity index (χ0n) is 4.74. The molecule has 1 unspecified atom stereocenters. The molecule has 0 N–H and O–H groups in total. The van der Waals surface area contributed by atoms with E-state index in [0.29, 0.717) is 5.33 Å². The van der Waals surface area contributed by atoms with Crippen LogP contribution in [0.4, 0.5) is 4.39 Å². The number of hydrogen-bond donors (Lipinski definition) is 0. The summed E-state index contributed by atoms with van der Waals surface area (Å²) >= 11 is 3.10. The minimum atomic E-state index is -0.595. The SMILES string of the molecule is FC(CBr)CC1CC1. The molecule has 8 heavy (non-hydrogen) atoms. The second-order valence-electron chi connectivity index (χ2n) is 2.43. The molecule has 0 nitrogen and oxygen atoms in total. The van der Waals surface area contributed by atoms with Gasteiger partial charge in [0.1, 0.15) is 6.17 Å². The fraction of sp³-hybridized carbons (Fsp3) is 1.00. The van der Waals surface area contributed by atoms with Crippen LogP contribution in [0.1, 0.15) is 19.3 Å². The van der Waals surface area contributed by atoms with E-state index in [2.05, 4.69) is 15.9 Å². The summed E-state index contributed by atoms with van der Waals surface area (Å²) in [5.74, 6) is 0.725. The largest absolute Gasteiger partial charge is 0.247 e. The Morgan fingerprint density at radius 1 is 1.62 bits per heavy atom. The molecule has 1 saturated carbocycles. The fourth-order valence-corrected chi connectivity index (χ4v) is 1.04. The van der Waals surface area contributed by atoms with Crippen LogP contribution in [0.2, 0.25) is 0 Å². The van der Waals surface area contributed by atoms with Crippen LogP contribution < -0.4 is 0 Å². The predicted molar refractivity (Wildman–Crippen MR) is 36.0 cm³/mol.